The molecule has 0 radical (unpaired) electrons. The first-order valence-electron chi connectivity index (χ1n) is 9.79. The van der Waals surface area contributed by atoms with Gasteiger partial charge in [0.05, 0.1) is 0 Å². The van der Waals surface area contributed by atoms with E-state index in [1.54, 1.807) is 19.4 Å². The smallest absolute Gasteiger partial charge is 0.228 e. The van der Waals surface area contributed by atoms with Gasteiger partial charge in [0, 0.05) is 69.2 Å². The zero-order chi connectivity index (χ0) is 20.8. The molecule has 0 amide bonds. The largest absolute Gasteiger partial charge is 0.356 e. The number of hydrogen-bond acceptors (Lipinski definition) is 7. The third-order valence-corrected chi connectivity index (χ3v) is 5.07. The molecule has 0 spiro atoms. The van der Waals surface area contributed by atoms with Gasteiger partial charge in [-0.25, -0.2) is 9.97 Å². The highest BCUT2D eigenvalue weighted by atomic mass is 127. The number of anilines is 1. The van der Waals surface area contributed by atoms with Crippen LogP contribution in [-0.4, -0.2) is 70.7 Å². The number of halogens is 2. The molecule has 0 saturated carbocycles. The van der Waals surface area contributed by atoms with Crippen molar-refractivity contribution in [2.75, 3.05) is 44.7 Å². The van der Waals surface area contributed by atoms with Crippen molar-refractivity contribution in [1.82, 2.24) is 30.3 Å². The predicted molar refractivity (Wildman–Crippen MR) is 131 cm³/mol. The maximum absolute atomic E-state index is 5.92. The van der Waals surface area contributed by atoms with Crippen LogP contribution in [0.15, 0.2) is 52.2 Å². The van der Waals surface area contributed by atoms with Gasteiger partial charge in [-0.2, -0.15) is 4.98 Å². The first-order valence-corrected chi connectivity index (χ1v) is 10.2. The predicted octanol–water partition coefficient (Wildman–Crippen LogP) is 2.74. The number of hydrogen-bond donors (Lipinski definition) is 1. The molecule has 1 aromatic carbocycles. The van der Waals surface area contributed by atoms with Gasteiger partial charge in [0.2, 0.25) is 17.7 Å². The highest BCUT2D eigenvalue weighted by Gasteiger charge is 2.21. The lowest BCUT2D eigenvalue weighted by atomic mass is 10.2. The number of piperazine rings is 1. The van der Waals surface area contributed by atoms with Crippen molar-refractivity contribution in [3.63, 3.8) is 0 Å². The maximum Gasteiger partial charge on any atom is 0.228 e. The van der Waals surface area contributed by atoms with E-state index < -0.39 is 0 Å². The van der Waals surface area contributed by atoms with Crippen LogP contribution in [0.3, 0.4) is 0 Å². The van der Waals surface area contributed by atoms with Gasteiger partial charge >= 0.3 is 0 Å². The summed E-state index contributed by atoms with van der Waals surface area (Å²) in [5.74, 6) is 2.77. The van der Waals surface area contributed by atoms with E-state index in [0.717, 1.165) is 43.7 Å². The summed E-state index contributed by atoms with van der Waals surface area (Å²) < 4.78 is 5.37. The molecule has 1 N–H and O–H groups in total. The van der Waals surface area contributed by atoms with Crippen LogP contribution in [0.5, 0.6) is 0 Å². The Kier molecular flexibility index (Phi) is 8.41. The highest BCUT2D eigenvalue weighted by molar-refractivity contribution is 14.0. The van der Waals surface area contributed by atoms with E-state index in [9.17, 15) is 0 Å². The highest BCUT2D eigenvalue weighted by Crippen LogP contribution is 2.18. The Balaban J connectivity index is 0.00000272. The summed E-state index contributed by atoms with van der Waals surface area (Å²) in [6.45, 7) is 4.03. The van der Waals surface area contributed by atoms with Crippen LogP contribution in [0.1, 0.15) is 5.89 Å². The zero-order valence-electron chi connectivity index (χ0n) is 17.1. The van der Waals surface area contributed by atoms with Crippen LogP contribution in [-0.2, 0) is 6.42 Å². The van der Waals surface area contributed by atoms with E-state index in [1.165, 1.54) is 0 Å². The first-order chi connectivity index (χ1) is 14.7. The first kappa shape index (κ1) is 23.2. The van der Waals surface area contributed by atoms with E-state index in [4.69, 9.17) is 16.1 Å². The third-order valence-electron chi connectivity index (χ3n) is 4.82. The molecule has 9 nitrogen and oxygen atoms in total. The van der Waals surface area contributed by atoms with Crippen LogP contribution >= 0.6 is 35.6 Å². The number of guanidine groups is 1. The van der Waals surface area contributed by atoms with Gasteiger partial charge in [-0.1, -0.05) is 16.8 Å². The quantitative estimate of drug-likeness (QED) is 0.292. The van der Waals surface area contributed by atoms with Gasteiger partial charge in [0.15, 0.2) is 5.96 Å². The summed E-state index contributed by atoms with van der Waals surface area (Å²) in [7, 11) is 1.79. The number of nitrogens with zero attached hydrogens (tertiary/aromatic N) is 7. The fourth-order valence-corrected chi connectivity index (χ4v) is 3.38. The van der Waals surface area contributed by atoms with E-state index >= 15 is 0 Å². The molecular formula is C20H24ClIN8O. The summed E-state index contributed by atoms with van der Waals surface area (Å²) in [5.41, 5.74) is 0.874. The molecule has 0 unspecified atom stereocenters. The Hall–Kier alpha value is -2.47. The summed E-state index contributed by atoms with van der Waals surface area (Å²) in [5, 5.41) is 8.10. The summed E-state index contributed by atoms with van der Waals surface area (Å²) in [4.78, 5) is 21.9. The molecule has 11 heteroatoms. The molecule has 1 saturated heterocycles. The van der Waals surface area contributed by atoms with Crippen LogP contribution in [0.4, 0.5) is 5.95 Å². The number of benzene rings is 1. The van der Waals surface area contributed by atoms with Crippen molar-refractivity contribution in [3.05, 3.63) is 53.6 Å². The van der Waals surface area contributed by atoms with Gasteiger partial charge in [0.25, 0.3) is 0 Å². The second-order valence-corrected chi connectivity index (χ2v) is 7.20. The lowest BCUT2D eigenvalue weighted by Gasteiger charge is -2.36. The SMILES string of the molecule is CN=C(NCCc1nc(-c2ccc(Cl)cc2)no1)N1CCN(c2ncccn2)CC1.I. The number of rotatable bonds is 5. The maximum atomic E-state index is 5.92. The van der Waals surface area contributed by atoms with Crippen LogP contribution < -0.4 is 10.2 Å². The lowest BCUT2D eigenvalue weighted by Crippen LogP contribution is -2.53. The van der Waals surface area contributed by atoms with E-state index in [2.05, 4.69) is 40.2 Å². The standard InChI is InChI=1S/C20H23ClN8O.HI/c1-22-19(28-11-13-29(14-12-28)20-23-8-2-9-24-20)25-10-7-17-26-18(27-30-17)15-3-5-16(21)6-4-15;/h2-6,8-9H,7,10-14H2,1H3,(H,22,25);1H. The van der Waals surface area contributed by atoms with Gasteiger partial charge in [-0.15, -0.1) is 24.0 Å². The van der Waals surface area contributed by atoms with E-state index in [-0.39, 0.29) is 24.0 Å². The minimum atomic E-state index is 0. The van der Waals surface area contributed by atoms with Gasteiger partial charge in [-0.3, -0.25) is 4.99 Å². The molecule has 1 aliphatic rings. The summed E-state index contributed by atoms with van der Waals surface area (Å²) in [6, 6.07) is 9.19. The summed E-state index contributed by atoms with van der Waals surface area (Å²) in [6.07, 6.45) is 4.15. The third kappa shape index (κ3) is 6.03. The molecule has 1 aliphatic heterocycles. The monoisotopic (exact) mass is 554 g/mol. The molecule has 1 fully saturated rings. The van der Waals surface area contributed by atoms with Gasteiger partial charge in [-0.05, 0) is 30.3 Å². The topological polar surface area (TPSA) is 95.6 Å². The van der Waals surface area contributed by atoms with Gasteiger partial charge in [0.1, 0.15) is 0 Å². The normalized spacial score (nSPS) is 14.3. The molecule has 0 bridgehead atoms. The molecule has 3 heterocycles. The van der Waals surface area contributed by atoms with E-state index in [0.29, 0.717) is 29.7 Å². The summed E-state index contributed by atoms with van der Waals surface area (Å²) >= 11 is 5.92. The molecule has 0 aliphatic carbocycles. The average Bonchev–Trinajstić information content (AvgIpc) is 3.27. The van der Waals surface area contributed by atoms with Crippen molar-refractivity contribution in [3.8, 4) is 11.4 Å². The van der Waals surface area contributed by atoms with Gasteiger partial charge < -0.3 is 19.6 Å². The van der Waals surface area contributed by atoms with E-state index in [1.807, 2.05) is 30.3 Å². The Morgan fingerprint density at radius 3 is 2.52 bits per heavy atom. The molecule has 31 heavy (non-hydrogen) atoms. The van der Waals surface area contributed by atoms with Crippen molar-refractivity contribution in [2.45, 2.75) is 6.42 Å². The van der Waals surface area contributed by atoms with Crippen molar-refractivity contribution in [2.24, 2.45) is 4.99 Å². The van der Waals surface area contributed by atoms with Crippen LogP contribution in [0, 0.1) is 0 Å². The lowest BCUT2D eigenvalue weighted by molar-refractivity contribution is 0.363. The number of nitrogens with one attached hydrogen (secondary N) is 1. The Labute approximate surface area is 202 Å². The molecule has 0 atom stereocenters. The zero-order valence-corrected chi connectivity index (χ0v) is 20.2. The fraction of sp³-hybridized carbons (Fsp3) is 0.350. The van der Waals surface area contributed by atoms with Crippen molar-refractivity contribution >= 4 is 47.5 Å². The minimum Gasteiger partial charge on any atom is -0.356 e. The van der Waals surface area contributed by atoms with Crippen LogP contribution in [0.2, 0.25) is 5.02 Å². The number of aromatic nitrogens is 4. The molecule has 4 rings (SSSR count). The second kappa shape index (κ2) is 11.2. The number of aliphatic imine (C=N–C) groups is 1. The fourth-order valence-electron chi connectivity index (χ4n) is 3.26. The molecule has 164 valence electrons. The Morgan fingerprint density at radius 2 is 1.84 bits per heavy atom. The minimum absolute atomic E-state index is 0. The van der Waals surface area contributed by atoms with Crippen LogP contribution in [0.25, 0.3) is 11.4 Å². The average molecular weight is 555 g/mol. The molecular weight excluding hydrogens is 531 g/mol. The van der Waals surface area contributed by atoms with Crippen molar-refractivity contribution in [1.29, 1.82) is 0 Å². The Bertz CT molecular complexity index is 974. The molecule has 3 aromatic rings. The Morgan fingerprint density at radius 1 is 1.13 bits per heavy atom. The molecule has 2 aromatic heterocycles. The second-order valence-electron chi connectivity index (χ2n) is 6.77. The van der Waals surface area contributed by atoms with Crippen molar-refractivity contribution < 1.29 is 4.52 Å².